The van der Waals surface area contributed by atoms with Crippen LogP contribution >= 0.6 is 31.9 Å². The molecule has 4 aliphatic carbocycles. The summed E-state index contributed by atoms with van der Waals surface area (Å²) < 4.78 is 3.05. The largest absolute Gasteiger partial charge is 0.0545 e. The van der Waals surface area contributed by atoms with Crippen LogP contribution in [0, 0.1) is 35.5 Å². The summed E-state index contributed by atoms with van der Waals surface area (Å²) in [5, 5.41) is 0. The van der Waals surface area contributed by atoms with Crippen molar-refractivity contribution in [3.05, 3.63) is 8.96 Å². The molecule has 0 nitrogen and oxygen atoms in total. The maximum Gasteiger partial charge on any atom is 0.00888 e. The molecule has 2 bridgehead atoms. The van der Waals surface area contributed by atoms with E-state index in [-0.39, 0.29) is 0 Å². The Labute approximate surface area is 121 Å². The number of hydrogen-bond donors (Lipinski definition) is 0. The highest BCUT2D eigenvalue weighted by molar-refractivity contribution is 9.14. The van der Waals surface area contributed by atoms with Crippen LogP contribution in [0.3, 0.4) is 0 Å². The van der Waals surface area contributed by atoms with Crippen LogP contribution in [-0.4, -0.2) is 0 Å². The zero-order valence-corrected chi connectivity index (χ0v) is 13.3. The van der Waals surface area contributed by atoms with Gasteiger partial charge in [-0.3, -0.25) is 0 Å². The van der Waals surface area contributed by atoms with Gasteiger partial charge in [-0.15, -0.1) is 0 Å². The smallest absolute Gasteiger partial charge is 0.00888 e. The van der Waals surface area contributed by atoms with Gasteiger partial charge in [0.05, 0.1) is 0 Å². The molecule has 0 aromatic carbocycles. The molecule has 4 rings (SSSR count). The first-order valence-electron chi connectivity index (χ1n) is 7.30. The molecule has 4 aliphatic rings. The highest BCUT2D eigenvalue weighted by Gasteiger charge is 2.54. The van der Waals surface area contributed by atoms with Crippen molar-refractivity contribution in [2.75, 3.05) is 0 Å². The molecule has 3 saturated carbocycles. The van der Waals surface area contributed by atoms with Crippen molar-refractivity contribution in [1.82, 2.24) is 0 Å². The Morgan fingerprint density at radius 2 is 1.18 bits per heavy atom. The predicted molar refractivity (Wildman–Crippen MR) is 78.1 cm³/mol. The second-order valence-electron chi connectivity index (χ2n) is 6.75. The average Bonchev–Trinajstić information content (AvgIpc) is 2.85. The van der Waals surface area contributed by atoms with Crippen LogP contribution in [0.5, 0.6) is 0 Å². The molecular formula is C15H20Br2. The lowest BCUT2D eigenvalue weighted by Gasteiger charge is -2.45. The maximum atomic E-state index is 3.84. The molecule has 0 amide bonds. The van der Waals surface area contributed by atoms with Crippen molar-refractivity contribution in [2.45, 2.75) is 44.9 Å². The van der Waals surface area contributed by atoms with Crippen molar-refractivity contribution in [3.8, 4) is 0 Å². The highest BCUT2D eigenvalue weighted by Crippen LogP contribution is 2.64. The second kappa shape index (κ2) is 4.10. The first-order chi connectivity index (χ1) is 8.25. The van der Waals surface area contributed by atoms with E-state index < -0.39 is 0 Å². The zero-order chi connectivity index (χ0) is 11.6. The molecule has 0 unspecified atom stereocenters. The third-order valence-electron chi connectivity index (χ3n) is 6.19. The molecule has 0 aromatic heterocycles. The third kappa shape index (κ3) is 1.59. The van der Waals surface area contributed by atoms with E-state index in [1.54, 1.807) is 12.8 Å². The SMILES string of the molecule is BrC1=C(Br)[C@@H]2C[C@H]1[C@@H]1C[C@@H]3CCCC[C@@H]3C[C@@H]12. The molecule has 6 atom stereocenters. The van der Waals surface area contributed by atoms with E-state index in [2.05, 4.69) is 31.9 Å². The predicted octanol–water partition coefficient (Wildman–Crippen LogP) is 5.47. The van der Waals surface area contributed by atoms with Gasteiger partial charge in [0, 0.05) is 8.96 Å². The molecule has 2 heteroatoms. The van der Waals surface area contributed by atoms with Crippen LogP contribution in [0.25, 0.3) is 0 Å². The zero-order valence-electron chi connectivity index (χ0n) is 10.2. The van der Waals surface area contributed by atoms with Gasteiger partial charge in [-0.1, -0.05) is 57.5 Å². The van der Waals surface area contributed by atoms with Crippen LogP contribution in [0.2, 0.25) is 0 Å². The van der Waals surface area contributed by atoms with Gasteiger partial charge in [-0.05, 0) is 54.8 Å². The molecule has 0 aliphatic heterocycles. The fourth-order valence-electron chi connectivity index (χ4n) is 5.44. The van der Waals surface area contributed by atoms with E-state index in [9.17, 15) is 0 Å². The molecular weight excluding hydrogens is 340 g/mol. The first-order valence-corrected chi connectivity index (χ1v) is 8.89. The Balaban J connectivity index is 1.63. The van der Waals surface area contributed by atoms with Crippen molar-refractivity contribution in [3.63, 3.8) is 0 Å². The van der Waals surface area contributed by atoms with Gasteiger partial charge in [0.1, 0.15) is 0 Å². The molecule has 0 aromatic rings. The van der Waals surface area contributed by atoms with Crippen LogP contribution < -0.4 is 0 Å². The number of allylic oxidation sites excluding steroid dienone is 2. The third-order valence-corrected chi connectivity index (χ3v) is 8.75. The highest BCUT2D eigenvalue weighted by atomic mass is 79.9. The quantitative estimate of drug-likeness (QED) is 0.537. The summed E-state index contributed by atoms with van der Waals surface area (Å²) in [6.45, 7) is 0. The normalized spacial score (nSPS) is 52.6. The van der Waals surface area contributed by atoms with Crippen molar-refractivity contribution in [1.29, 1.82) is 0 Å². The Kier molecular flexibility index (Phi) is 2.78. The molecule has 3 fully saturated rings. The van der Waals surface area contributed by atoms with Gasteiger partial charge in [0.25, 0.3) is 0 Å². The van der Waals surface area contributed by atoms with Crippen LogP contribution in [0.15, 0.2) is 8.96 Å². The molecule has 0 saturated heterocycles. The minimum absolute atomic E-state index is 0.877. The van der Waals surface area contributed by atoms with Gasteiger partial charge < -0.3 is 0 Å². The lowest BCUT2D eigenvalue weighted by molar-refractivity contribution is 0.0708. The van der Waals surface area contributed by atoms with E-state index in [0.717, 1.165) is 35.5 Å². The number of fused-ring (bicyclic) bond motifs is 6. The van der Waals surface area contributed by atoms with Crippen LogP contribution in [-0.2, 0) is 0 Å². The number of halogens is 2. The Bertz CT molecular complexity index is 339. The molecule has 0 heterocycles. The summed E-state index contributed by atoms with van der Waals surface area (Å²) in [5.41, 5.74) is 0. The summed E-state index contributed by atoms with van der Waals surface area (Å²) in [4.78, 5) is 0. The van der Waals surface area contributed by atoms with Crippen LogP contribution in [0.1, 0.15) is 44.9 Å². The molecule has 17 heavy (non-hydrogen) atoms. The number of hydrogen-bond acceptors (Lipinski definition) is 0. The van der Waals surface area contributed by atoms with E-state index in [1.165, 1.54) is 41.1 Å². The average molecular weight is 360 g/mol. The van der Waals surface area contributed by atoms with Crippen molar-refractivity contribution < 1.29 is 0 Å². The van der Waals surface area contributed by atoms with Gasteiger partial charge in [0.2, 0.25) is 0 Å². The fourth-order valence-corrected chi connectivity index (χ4v) is 7.08. The molecule has 0 spiro atoms. The molecule has 94 valence electrons. The summed E-state index contributed by atoms with van der Waals surface area (Å²) in [6, 6.07) is 0. The number of rotatable bonds is 0. The Hall–Kier alpha value is 0.700. The molecule has 0 radical (unpaired) electrons. The van der Waals surface area contributed by atoms with E-state index in [0.29, 0.717) is 0 Å². The van der Waals surface area contributed by atoms with Crippen molar-refractivity contribution >= 4 is 31.9 Å². The van der Waals surface area contributed by atoms with Gasteiger partial charge in [-0.25, -0.2) is 0 Å². The lowest BCUT2D eigenvalue weighted by Crippen LogP contribution is -2.36. The van der Waals surface area contributed by atoms with Gasteiger partial charge in [0.15, 0.2) is 0 Å². The second-order valence-corrected chi connectivity index (χ2v) is 8.46. The van der Waals surface area contributed by atoms with Gasteiger partial charge in [-0.2, -0.15) is 0 Å². The standard InChI is InChI=1S/C15H20Br2/c16-14-12-7-13(15(14)17)11-6-9-4-2-1-3-8(9)5-10(11)12/h8-13H,1-7H2/t8-,9+,10+,11-,12-,13+. The minimum atomic E-state index is 0.877. The maximum absolute atomic E-state index is 3.84. The minimum Gasteiger partial charge on any atom is -0.0545 e. The summed E-state index contributed by atoms with van der Waals surface area (Å²) >= 11 is 7.69. The molecule has 0 N–H and O–H groups in total. The topological polar surface area (TPSA) is 0 Å². The first kappa shape index (κ1) is 11.5. The van der Waals surface area contributed by atoms with Gasteiger partial charge >= 0.3 is 0 Å². The summed E-state index contributed by atoms with van der Waals surface area (Å²) in [5.74, 6) is 5.97. The summed E-state index contributed by atoms with van der Waals surface area (Å²) in [6.07, 6.45) is 10.6. The lowest BCUT2D eigenvalue weighted by atomic mass is 9.61. The van der Waals surface area contributed by atoms with Crippen molar-refractivity contribution in [2.24, 2.45) is 35.5 Å². The summed E-state index contributed by atoms with van der Waals surface area (Å²) in [7, 11) is 0. The van der Waals surface area contributed by atoms with Crippen LogP contribution in [0.4, 0.5) is 0 Å². The van der Waals surface area contributed by atoms with E-state index >= 15 is 0 Å². The Morgan fingerprint density at radius 1 is 0.706 bits per heavy atom. The monoisotopic (exact) mass is 358 g/mol. The Morgan fingerprint density at radius 3 is 1.65 bits per heavy atom. The van der Waals surface area contributed by atoms with E-state index in [1.807, 2.05) is 0 Å². The fraction of sp³-hybridized carbons (Fsp3) is 0.867. The van der Waals surface area contributed by atoms with E-state index in [4.69, 9.17) is 0 Å².